The van der Waals surface area contributed by atoms with Crippen molar-refractivity contribution in [1.29, 1.82) is 0 Å². The summed E-state index contributed by atoms with van der Waals surface area (Å²) in [6.07, 6.45) is 5.32. The van der Waals surface area contributed by atoms with Gasteiger partial charge in [-0.15, -0.1) is 0 Å². The van der Waals surface area contributed by atoms with Gasteiger partial charge >= 0.3 is 0 Å². The second kappa shape index (κ2) is 5.78. The van der Waals surface area contributed by atoms with Crippen LogP contribution in [0.15, 0.2) is 12.4 Å². The molecule has 1 saturated carbocycles. The van der Waals surface area contributed by atoms with Crippen LogP contribution in [0.2, 0.25) is 0 Å². The average molecular weight is 381 g/mol. The zero-order valence-corrected chi connectivity index (χ0v) is 15.8. The van der Waals surface area contributed by atoms with Crippen LogP contribution in [0.3, 0.4) is 0 Å². The van der Waals surface area contributed by atoms with Gasteiger partial charge in [0.25, 0.3) is 0 Å². The largest absolute Gasteiger partial charge is 0.325 e. The zero-order chi connectivity index (χ0) is 18.7. The molecule has 0 radical (unpaired) electrons. The van der Waals surface area contributed by atoms with Crippen molar-refractivity contribution < 1.29 is 18.0 Å². The molecule has 1 spiro atoms. The van der Waals surface area contributed by atoms with Gasteiger partial charge < -0.3 is 9.80 Å². The highest BCUT2D eigenvalue weighted by Gasteiger charge is 2.54. The van der Waals surface area contributed by atoms with E-state index in [2.05, 4.69) is 5.10 Å². The SMILES string of the molecule is CC(=O)N1CC(=O)N(c2cnn(C)c2)C[C@]12CCN(S(=O)(=O)C1CC1)C2. The lowest BCUT2D eigenvalue weighted by molar-refractivity contribution is -0.142. The lowest BCUT2D eigenvalue weighted by atomic mass is 9.92. The molecule has 0 N–H and O–H groups in total. The highest BCUT2D eigenvalue weighted by Crippen LogP contribution is 2.39. The minimum absolute atomic E-state index is 0.0401. The number of anilines is 1. The van der Waals surface area contributed by atoms with Crippen molar-refractivity contribution in [2.45, 2.75) is 37.0 Å². The summed E-state index contributed by atoms with van der Waals surface area (Å²) < 4.78 is 28.4. The fraction of sp³-hybridized carbons (Fsp3) is 0.688. The van der Waals surface area contributed by atoms with Crippen LogP contribution in [0.4, 0.5) is 5.69 Å². The smallest absolute Gasteiger partial charge is 0.246 e. The van der Waals surface area contributed by atoms with Gasteiger partial charge in [-0.3, -0.25) is 14.3 Å². The Hall–Kier alpha value is -1.94. The summed E-state index contributed by atoms with van der Waals surface area (Å²) in [6.45, 7) is 2.31. The minimum Gasteiger partial charge on any atom is -0.325 e. The van der Waals surface area contributed by atoms with E-state index in [9.17, 15) is 18.0 Å². The maximum Gasteiger partial charge on any atom is 0.246 e. The third kappa shape index (κ3) is 2.71. The number of hydrogen-bond donors (Lipinski definition) is 0. The van der Waals surface area contributed by atoms with Crippen LogP contribution in [0.5, 0.6) is 0 Å². The molecule has 2 amide bonds. The molecule has 2 saturated heterocycles. The lowest BCUT2D eigenvalue weighted by Crippen LogP contribution is -2.67. The summed E-state index contributed by atoms with van der Waals surface area (Å²) in [5.41, 5.74) is -0.0130. The Morgan fingerprint density at radius 2 is 2.04 bits per heavy atom. The van der Waals surface area contributed by atoms with Crippen molar-refractivity contribution in [3.8, 4) is 0 Å². The summed E-state index contributed by atoms with van der Waals surface area (Å²) >= 11 is 0. The standard InChI is InChI=1S/C16H23N5O4S/c1-12(22)21-9-15(23)20(13-7-17-18(2)8-13)11-16(21)5-6-19(10-16)26(24,25)14-3-4-14/h7-8,14H,3-6,9-11H2,1-2H3/t16-/m1/s1. The molecule has 3 heterocycles. The predicted octanol–water partition coefficient (Wildman–Crippen LogP) is -0.448. The zero-order valence-electron chi connectivity index (χ0n) is 15.0. The quantitative estimate of drug-likeness (QED) is 0.707. The molecule has 1 atom stereocenters. The monoisotopic (exact) mass is 381 g/mol. The first kappa shape index (κ1) is 17.5. The van der Waals surface area contributed by atoms with Crippen molar-refractivity contribution in [3.05, 3.63) is 12.4 Å². The van der Waals surface area contributed by atoms with E-state index >= 15 is 0 Å². The molecule has 1 aromatic rings. The summed E-state index contributed by atoms with van der Waals surface area (Å²) in [6, 6.07) is 0. The van der Waals surface area contributed by atoms with Gasteiger partial charge in [-0.2, -0.15) is 9.40 Å². The van der Waals surface area contributed by atoms with Gasteiger partial charge in [0.15, 0.2) is 0 Å². The molecular weight excluding hydrogens is 358 g/mol. The highest BCUT2D eigenvalue weighted by atomic mass is 32.2. The Kier molecular flexibility index (Phi) is 3.88. The van der Waals surface area contributed by atoms with Crippen LogP contribution in [-0.2, 0) is 26.7 Å². The van der Waals surface area contributed by atoms with Gasteiger partial charge in [0.1, 0.15) is 6.54 Å². The van der Waals surface area contributed by atoms with Crippen molar-refractivity contribution in [2.24, 2.45) is 7.05 Å². The van der Waals surface area contributed by atoms with E-state index in [1.165, 1.54) is 11.2 Å². The third-order valence-electron chi connectivity index (χ3n) is 5.61. The number of carbonyl (C=O) groups excluding carboxylic acids is 2. The van der Waals surface area contributed by atoms with Crippen LogP contribution in [0.1, 0.15) is 26.2 Å². The maximum atomic E-state index is 12.6. The summed E-state index contributed by atoms with van der Waals surface area (Å²) in [5.74, 6) is -0.378. The second-order valence-electron chi connectivity index (χ2n) is 7.51. The topological polar surface area (TPSA) is 95.8 Å². The number of amides is 2. The van der Waals surface area contributed by atoms with Crippen LogP contribution in [0, 0.1) is 0 Å². The predicted molar refractivity (Wildman–Crippen MR) is 93.8 cm³/mol. The molecule has 26 heavy (non-hydrogen) atoms. The molecule has 142 valence electrons. The van der Waals surface area contributed by atoms with Crippen LogP contribution in [0.25, 0.3) is 0 Å². The molecule has 9 nitrogen and oxygen atoms in total. The Morgan fingerprint density at radius 3 is 2.62 bits per heavy atom. The number of rotatable bonds is 3. The van der Waals surface area contributed by atoms with Gasteiger partial charge in [0.2, 0.25) is 21.8 Å². The van der Waals surface area contributed by atoms with E-state index in [0.29, 0.717) is 31.5 Å². The van der Waals surface area contributed by atoms with Crippen molar-refractivity contribution >= 4 is 27.5 Å². The number of piperazine rings is 1. The van der Waals surface area contributed by atoms with Gasteiger partial charge in [-0.25, -0.2) is 8.42 Å². The molecule has 0 aromatic carbocycles. The minimum atomic E-state index is -3.31. The fourth-order valence-corrected chi connectivity index (χ4v) is 5.97. The molecule has 0 bridgehead atoms. The molecule has 10 heteroatoms. The average Bonchev–Trinajstić information content (AvgIpc) is 3.23. The van der Waals surface area contributed by atoms with Crippen LogP contribution in [-0.4, -0.2) is 76.2 Å². The Labute approximate surface area is 152 Å². The van der Waals surface area contributed by atoms with Crippen molar-refractivity contribution in [3.63, 3.8) is 0 Å². The number of nitrogens with zero attached hydrogens (tertiary/aromatic N) is 5. The molecule has 3 fully saturated rings. The summed E-state index contributed by atoms with van der Waals surface area (Å²) in [7, 11) is -1.53. The summed E-state index contributed by atoms with van der Waals surface area (Å²) in [4.78, 5) is 28.0. The van der Waals surface area contributed by atoms with Crippen molar-refractivity contribution in [2.75, 3.05) is 31.1 Å². The first-order valence-corrected chi connectivity index (χ1v) is 10.3. The number of aryl methyl sites for hydroxylation is 1. The van der Waals surface area contributed by atoms with Gasteiger partial charge in [-0.05, 0) is 19.3 Å². The highest BCUT2D eigenvalue weighted by molar-refractivity contribution is 7.90. The van der Waals surface area contributed by atoms with E-state index in [1.54, 1.807) is 33.9 Å². The Bertz CT molecular complexity index is 862. The molecule has 1 aliphatic carbocycles. The second-order valence-corrected chi connectivity index (χ2v) is 9.72. The van der Waals surface area contributed by atoms with Gasteiger partial charge in [0, 0.05) is 33.3 Å². The van der Waals surface area contributed by atoms with E-state index in [-0.39, 0.29) is 36.7 Å². The molecular formula is C16H23N5O4S. The summed E-state index contributed by atoms with van der Waals surface area (Å²) in [5, 5.41) is 3.84. The van der Waals surface area contributed by atoms with E-state index < -0.39 is 15.6 Å². The lowest BCUT2D eigenvalue weighted by Gasteiger charge is -2.47. The third-order valence-corrected chi connectivity index (χ3v) is 7.95. The normalized spacial score (nSPS) is 27.5. The van der Waals surface area contributed by atoms with E-state index in [0.717, 1.165) is 0 Å². The van der Waals surface area contributed by atoms with Gasteiger partial charge in [0.05, 0.1) is 29.2 Å². The first-order valence-electron chi connectivity index (χ1n) is 8.79. The van der Waals surface area contributed by atoms with Gasteiger partial charge in [-0.1, -0.05) is 0 Å². The number of hydrogen-bond acceptors (Lipinski definition) is 5. The Morgan fingerprint density at radius 1 is 1.31 bits per heavy atom. The molecule has 3 aliphatic rings. The fourth-order valence-electron chi connectivity index (χ4n) is 4.05. The van der Waals surface area contributed by atoms with Crippen LogP contribution < -0.4 is 4.90 Å². The molecule has 4 rings (SSSR count). The molecule has 2 aliphatic heterocycles. The number of aromatic nitrogens is 2. The van der Waals surface area contributed by atoms with E-state index in [1.807, 2.05) is 0 Å². The Balaban J connectivity index is 1.65. The van der Waals surface area contributed by atoms with Crippen molar-refractivity contribution in [1.82, 2.24) is 19.0 Å². The van der Waals surface area contributed by atoms with E-state index in [4.69, 9.17) is 0 Å². The molecule has 0 unspecified atom stereocenters. The van der Waals surface area contributed by atoms with Crippen LogP contribution >= 0.6 is 0 Å². The maximum absolute atomic E-state index is 12.6. The first-order chi connectivity index (χ1) is 12.2. The molecule has 1 aromatic heterocycles. The number of carbonyl (C=O) groups is 2. The number of sulfonamides is 1.